The number of piperidine rings is 1. The first-order valence-corrected chi connectivity index (χ1v) is 8.82. The molecule has 0 unspecified atom stereocenters. The van der Waals surface area contributed by atoms with Crippen LogP contribution >= 0.6 is 0 Å². The molecule has 2 aromatic heterocycles. The Hall–Kier alpha value is -1.99. The van der Waals surface area contributed by atoms with E-state index in [9.17, 15) is 4.39 Å². The summed E-state index contributed by atoms with van der Waals surface area (Å²) in [5, 5.41) is 0. The Balaban J connectivity index is 1.49. The van der Waals surface area contributed by atoms with Crippen molar-refractivity contribution in [3.8, 4) is 0 Å². The van der Waals surface area contributed by atoms with Crippen LogP contribution in [0.3, 0.4) is 0 Å². The third kappa shape index (κ3) is 3.39. The normalized spacial score (nSPS) is 24.8. The quantitative estimate of drug-likeness (QED) is 0.849. The fourth-order valence-electron chi connectivity index (χ4n) is 3.96. The molecule has 0 N–H and O–H groups in total. The molecule has 2 saturated heterocycles. The van der Waals surface area contributed by atoms with Gasteiger partial charge in [-0.1, -0.05) is 0 Å². The largest absolute Gasteiger partial charge is 0.370 e. The van der Waals surface area contributed by atoms with Gasteiger partial charge in [-0.05, 0) is 25.0 Å². The molecule has 0 saturated carbocycles. The molecule has 4 rings (SSSR count). The highest BCUT2D eigenvalue weighted by atomic mass is 19.1. The molecular formula is C18H24FN5O. The van der Waals surface area contributed by atoms with Crippen LogP contribution in [-0.4, -0.2) is 57.8 Å². The number of nitrogens with zero attached hydrogens (tertiary/aromatic N) is 5. The van der Waals surface area contributed by atoms with E-state index in [0.29, 0.717) is 19.0 Å². The molecule has 2 fully saturated rings. The molecular weight excluding hydrogens is 321 g/mol. The zero-order chi connectivity index (χ0) is 17.3. The van der Waals surface area contributed by atoms with E-state index in [2.05, 4.69) is 19.4 Å². The maximum absolute atomic E-state index is 14.1. The van der Waals surface area contributed by atoms with Crippen LogP contribution in [0.25, 0.3) is 0 Å². The van der Waals surface area contributed by atoms with Crippen LogP contribution in [0, 0.1) is 5.82 Å². The van der Waals surface area contributed by atoms with Crippen molar-refractivity contribution in [3.63, 3.8) is 0 Å². The Morgan fingerprint density at radius 2 is 2.24 bits per heavy atom. The molecule has 2 aliphatic heterocycles. The number of imidazole rings is 1. The highest BCUT2D eigenvalue weighted by Crippen LogP contribution is 2.32. The molecule has 0 aliphatic carbocycles. The minimum absolute atomic E-state index is 0.251. The number of aryl methyl sites for hydroxylation is 1. The molecule has 25 heavy (non-hydrogen) atoms. The summed E-state index contributed by atoms with van der Waals surface area (Å²) < 4.78 is 22.4. The third-order valence-electron chi connectivity index (χ3n) is 5.21. The fraction of sp³-hybridized carbons (Fsp3) is 0.556. The van der Waals surface area contributed by atoms with Crippen LogP contribution in [0.4, 0.5) is 10.2 Å². The number of hydrogen-bond donors (Lipinski definition) is 0. The molecule has 0 bridgehead atoms. The maximum atomic E-state index is 14.1. The second kappa shape index (κ2) is 6.72. The Morgan fingerprint density at radius 1 is 1.32 bits per heavy atom. The van der Waals surface area contributed by atoms with Gasteiger partial charge in [0, 0.05) is 52.2 Å². The average molecular weight is 345 g/mol. The van der Waals surface area contributed by atoms with E-state index in [0.717, 1.165) is 39.0 Å². The van der Waals surface area contributed by atoms with Crippen molar-refractivity contribution < 1.29 is 9.13 Å². The minimum Gasteiger partial charge on any atom is -0.370 e. The first kappa shape index (κ1) is 16.5. The van der Waals surface area contributed by atoms with Crippen LogP contribution < -0.4 is 4.90 Å². The number of halogens is 1. The van der Waals surface area contributed by atoms with Gasteiger partial charge in [0.05, 0.1) is 24.2 Å². The molecule has 7 heteroatoms. The Kier molecular flexibility index (Phi) is 4.43. The van der Waals surface area contributed by atoms with Crippen molar-refractivity contribution in [2.75, 3.05) is 37.7 Å². The zero-order valence-corrected chi connectivity index (χ0v) is 14.6. The van der Waals surface area contributed by atoms with Gasteiger partial charge in [-0.25, -0.2) is 14.4 Å². The summed E-state index contributed by atoms with van der Waals surface area (Å²) in [4.78, 5) is 12.9. The van der Waals surface area contributed by atoms with Crippen molar-refractivity contribution in [3.05, 3.63) is 42.4 Å². The van der Waals surface area contributed by atoms with Crippen molar-refractivity contribution in [1.29, 1.82) is 0 Å². The predicted molar refractivity (Wildman–Crippen MR) is 92.8 cm³/mol. The number of aromatic nitrogens is 3. The summed E-state index contributed by atoms with van der Waals surface area (Å²) in [6.45, 7) is 4.83. The standard InChI is InChI=1S/C18H24FN5O/c1-22-14-20-10-15(22)11-23-8-9-25-18(12-23)5-3-7-24(13-18)17-16(19)4-2-6-21-17/h2,4,6,10,14H,3,5,7-9,11-13H2,1H3/t18-/m0/s1. The lowest BCUT2D eigenvalue weighted by molar-refractivity contribution is -0.116. The van der Waals surface area contributed by atoms with Gasteiger partial charge >= 0.3 is 0 Å². The van der Waals surface area contributed by atoms with Crippen LogP contribution in [0.15, 0.2) is 30.9 Å². The van der Waals surface area contributed by atoms with Gasteiger partial charge in [0.15, 0.2) is 11.6 Å². The molecule has 0 radical (unpaired) electrons. The number of anilines is 1. The smallest absolute Gasteiger partial charge is 0.165 e. The van der Waals surface area contributed by atoms with Gasteiger partial charge < -0.3 is 14.2 Å². The fourth-order valence-corrected chi connectivity index (χ4v) is 3.96. The summed E-state index contributed by atoms with van der Waals surface area (Å²) >= 11 is 0. The third-order valence-corrected chi connectivity index (χ3v) is 5.21. The van der Waals surface area contributed by atoms with E-state index >= 15 is 0 Å². The molecule has 134 valence electrons. The Morgan fingerprint density at radius 3 is 3.04 bits per heavy atom. The first-order valence-electron chi connectivity index (χ1n) is 8.82. The lowest BCUT2D eigenvalue weighted by Crippen LogP contribution is -2.59. The van der Waals surface area contributed by atoms with E-state index in [-0.39, 0.29) is 11.4 Å². The van der Waals surface area contributed by atoms with Gasteiger partial charge in [-0.3, -0.25) is 4.90 Å². The number of ether oxygens (including phenoxy) is 1. The number of hydrogen-bond acceptors (Lipinski definition) is 5. The van der Waals surface area contributed by atoms with E-state index in [1.54, 1.807) is 12.3 Å². The first-order chi connectivity index (χ1) is 12.2. The monoisotopic (exact) mass is 345 g/mol. The molecule has 0 amide bonds. The number of pyridine rings is 1. The summed E-state index contributed by atoms with van der Waals surface area (Å²) in [5.74, 6) is 0.177. The van der Waals surface area contributed by atoms with Crippen LogP contribution in [-0.2, 0) is 18.3 Å². The van der Waals surface area contributed by atoms with Gasteiger partial charge in [0.1, 0.15) is 0 Å². The molecule has 0 aromatic carbocycles. The van der Waals surface area contributed by atoms with Crippen molar-refractivity contribution in [2.24, 2.45) is 7.05 Å². The predicted octanol–water partition coefficient (Wildman–Crippen LogP) is 1.83. The highest BCUT2D eigenvalue weighted by Gasteiger charge is 2.41. The Labute approximate surface area is 147 Å². The van der Waals surface area contributed by atoms with Crippen LogP contribution in [0.1, 0.15) is 18.5 Å². The summed E-state index contributed by atoms with van der Waals surface area (Å²) in [5.41, 5.74) is 0.944. The molecule has 4 heterocycles. The van der Waals surface area contributed by atoms with E-state index in [1.807, 2.05) is 24.5 Å². The van der Waals surface area contributed by atoms with Crippen molar-refractivity contribution in [1.82, 2.24) is 19.4 Å². The van der Waals surface area contributed by atoms with Gasteiger partial charge in [-0.15, -0.1) is 0 Å². The topological polar surface area (TPSA) is 46.4 Å². The Bertz CT molecular complexity index is 732. The molecule has 2 aromatic rings. The lowest BCUT2D eigenvalue weighted by Gasteiger charge is -2.48. The minimum atomic E-state index is -0.262. The highest BCUT2D eigenvalue weighted by molar-refractivity contribution is 5.41. The maximum Gasteiger partial charge on any atom is 0.165 e. The van der Waals surface area contributed by atoms with Crippen molar-refractivity contribution in [2.45, 2.75) is 25.0 Å². The SMILES string of the molecule is Cn1cncc1CN1CCO[C@@]2(CCCN(c3ncccc3F)C2)C1. The summed E-state index contributed by atoms with van der Waals surface area (Å²) in [6, 6.07) is 3.10. The number of morpholine rings is 1. The lowest BCUT2D eigenvalue weighted by atomic mass is 9.90. The van der Waals surface area contributed by atoms with Gasteiger partial charge in [-0.2, -0.15) is 0 Å². The summed E-state index contributed by atoms with van der Waals surface area (Å²) in [6.07, 6.45) is 7.38. The van der Waals surface area contributed by atoms with E-state index in [4.69, 9.17) is 4.74 Å². The molecule has 6 nitrogen and oxygen atoms in total. The van der Waals surface area contributed by atoms with Gasteiger partial charge in [0.25, 0.3) is 0 Å². The average Bonchev–Trinajstić information content (AvgIpc) is 3.00. The van der Waals surface area contributed by atoms with E-state index in [1.165, 1.54) is 11.8 Å². The van der Waals surface area contributed by atoms with Gasteiger partial charge in [0.2, 0.25) is 0 Å². The number of rotatable bonds is 3. The molecule has 1 atom stereocenters. The second-order valence-corrected chi connectivity index (χ2v) is 7.07. The zero-order valence-electron chi connectivity index (χ0n) is 14.6. The van der Waals surface area contributed by atoms with Crippen LogP contribution in [0.2, 0.25) is 0 Å². The van der Waals surface area contributed by atoms with E-state index < -0.39 is 0 Å². The summed E-state index contributed by atoms with van der Waals surface area (Å²) in [7, 11) is 2.02. The van der Waals surface area contributed by atoms with Crippen LogP contribution in [0.5, 0.6) is 0 Å². The molecule has 2 aliphatic rings. The molecule has 1 spiro atoms. The van der Waals surface area contributed by atoms with Crippen molar-refractivity contribution >= 4 is 5.82 Å². The second-order valence-electron chi connectivity index (χ2n) is 7.07.